The monoisotopic (exact) mass is 376 g/mol. The van der Waals surface area contributed by atoms with Gasteiger partial charge in [0.25, 0.3) is 5.91 Å². The van der Waals surface area contributed by atoms with Crippen LogP contribution in [0.15, 0.2) is 42.5 Å². The molecule has 27 heavy (non-hydrogen) atoms. The molecule has 0 spiro atoms. The van der Waals surface area contributed by atoms with E-state index in [1.165, 1.54) is 4.90 Å². The summed E-state index contributed by atoms with van der Waals surface area (Å²) in [6, 6.07) is 11.0. The Hall–Kier alpha value is -2.83. The van der Waals surface area contributed by atoms with E-state index < -0.39 is 28.9 Å². The van der Waals surface area contributed by atoms with Crippen LogP contribution in [0.1, 0.15) is 28.8 Å². The number of rotatable bonds is 4. The Morgan fingerprint density at radius 2 is 1.63 bits per heavy atom. The molecule has 142 valence electrons. The number of hydrogen-bond acceptors (Lipinski definition) is 2. The molecule has 0 atom stereocenters. The van der Waals surface area contributed by atoms with Crippen LogP contribution in [-0.4, -0.2) is 35.8 Å². The van der Waals surface area contributed by atoms with Gasteiger partial charge in [0, 0.05) is 19.1 Å². The lowest BCUT2D eigenvalue weighted by molar-refractivity contribution is -0.121. The van der Waals surface area contributed by atoms with Crippen molar-refractivity contribution in [1.29, 1.82) is 0 Å². The van der Waals surface area contributed by atoms with Crippen LogP contribution in [0.4, 0.5) is 13.2 Å². The number of carbonyl (C=O) groups is 2. The Labute approximate surface area is 155 Å². The zero-order valence-corrected chi connectivity index (χ0v) is 14.6. The highest BCUT2D eigenvalue weighted by Crippen LogP contribution is 2.19. The third-order valence-corrected chi connectivity index (χ3v) is 4.62. The predicted octanol–water partition coefficient (Wildman–Crippen LogP) is 3.07. The molecule has 1 heterocycles. The second kappa shape index (κ2) is 8.24. The van der Waals surface area contributed by atoms with E-state index in [4.69, 9.17) is 0 Å². The molecule has 1 fully saturated rings. The van der Waals surface area contributed by atoms with Crippen LogP contribution >= 0.6 is 0 Å². The minimum absolute atomic E-state index is 0.0833. The van der Waals surface area contributed by atoms with Crippen LogP contribution in [0.25, 0.3) is 0 Å². The molecule has 2 amide bonds. The van der Waals surface area contributed by atoms with Gasteiger partial charge in [-0.3, -0.25) is 9.59 Å². The Kier molecular flexibility index (Phi) is 5.78. The van der Waals surface area contributed by atoms with Crippen LogP contribution < -0.4 is 5.32 Å². The summed E-state index contributed by atoms with van der Waals surface area (Å²) in [5.41, 5.74) is 0.428. The maximum absolute atomic E-state index is 13.8. The van der Waals surface area contributed by atoms with Gasteiger partial charge in [-0.15, -0.1) is 0 Å². The summed E-state index contributed by atoms with van der Waals surface area (Å²) in [5.74, 6) is -5.23. The number of carbonyl (C=O) groups excluding carboxylic acids is 2. The molecule has 2 aromatic rings. The molecule has 1 aliphatic rings. The van der Waals surface area contributed by atoms with E-state index >= 15 is 0 Å². The molecule has 0 saturated carbocycles. The fraction of sp³-hybridized carbons (Fsp3) is 0.300. The first-order valence-electron chi connectivity index (χ1n) is 8.71. The van der Waals surface area contributed by atoms with Crippen molar-refractivity contribution in [3.05, 3.63) is 71.0 Å². The van der Waals surface area contributed by atoms with Crippen LogP contribution in [0, 0.1) is 17.5 Å². The summed E-state index contributed by atoms with van der Waals surface area (Å²) in [4.78, 5) is 25.9. The van der Waals surface area contributed by atoms with Crippen molar-refractivity contribution >= 4 is 11.8 Å². The topological polar surface area (TPSA) is 49.4 Å². The molecule has 1 aliphatic heterocycles. The third kappa shape index (κ3) is 4.48. The zero-order chi connectivity index (χ0) is 19.4. The van der Waals surface area contributed by atoms with E-state index in [2.05, 4.69) is 5.32 Å². The molecule has 0 aromatic heterocycles. The highest BCUT2D eigenvalue weighted by atomic mass is 19.2. The Balaban J connectivity index is 1.53. The number of amides is 2. The molecule has 2 aromatic carbocycles. The van der Waals surface area contributed by atoms with Crippen LogP contribution in [0.3, 0.4) is 0 Å². The number of piperidine rings is 1. The second-order valence-electron chi connectivity index (χ2n) is 6.52. The lowest BCUT2D eigenvalue weighted by Gasteiger charge is -2.32. The van der Waals surface area contributed by atoms with Gasteiger partial charge in [0.2, 0.25) is 5.91 Å². The lowest BCUT2D eigenvalue weighted by atomic mass is 10.0. The van der Waals surface area contributed by atoms with Gasteiger partial charge in [-0.05, 0) is 30.5 Å². The minimum atomic E-state index is -1.65. The van der Waals surface area contributed by atoms with Gasteiger partial charge in [0.1, 0.15) is 0 Å². The molecule has 1 saturated heterocycles. The fourth-order valence-corrected chi connectivity index (χ4v) is 3.15. The number of halogens is 3. The fourth-order valence-electron chi connectivity index (χ4n) is 3.15. The summed E-state index contributed by atoms with van der Waals surface area (Å²) >= 11 is 0. The Bertz CT molecular complexity index is 835. The minimum Gasteiger partial charge on any atom is -0.353 e. The smallest absolute Gasteiger partial charge is 0.256 e. The van der Waals surface area contributed by atoms with Gasteiger partial charge in [-0.2, -0.15) is 0 Å². The molecule has 0 unspecified atom stereocenters. The van der Waals surface area contributed by atoms with Crippen LogP contribution in [0.5, 0.6) is 0 Å². The molecular formula is C20H19F3N2O2. The van der Waals surface area contributed by atoms with E-state index in [0.717, 1.165) is 17.7 Å². The number of nitrogens with zero attached hydrogens (tertiary/aromatic N) is 1. The SMILES string of the molecule is O=C(Cc1ccccc1)NC1CCN(C(=O)c2ccc(F)c(F)c2F)CC1. The average Bonchev–Trinajstić information content (AvgIpc) is 2.67. The van der Waals surface area contributed by atoms with E-state index in [1.54, 1.807) is 0 Å². The molecular weight excluding hydrogens is 357 g/mol. The van der Waals surface area contributed by atoms with Crippen molar-refractivity contribution in [2.24, 2.45) is 0 Å². The number of hydrogen-bond donors (Lipinski definition) is 1. The molecule has 1 N–H and O–H groups in total. The highest BCUT2D eigenvalue weighted by Gasteiger charge is 2.27. The van der Waals surface area contributed by atoms with Crippen molar-refractivity contribution in [2.75, 3.05) is 13.1 Å². The first kappa shape index (κ1) is 18.9. The number of nitrogens with one attached hydrogen (secondary N) is 1. The molecule has 7 heteroatoms. The van der Waals surface area contributed by atoms with E-state index in [0.29, 0.717) is 25.9 Å². The van der Waals surface area contributed by atoms with Crippen molar-refractivity contribution < 1.29 is 22.8 Å². The van der Waals surface area contributed by atoms with Gasteiger partial charge >= 0.3 is 0 Å². The van der Waals surface area contributed by atoms with Crippen molar-refractivity contribution in [3.8, 4) is 0 Å². The summed E-state index contributed by atoms with van der Waals surface area (Å²) in [6.45, 7) is 0.598. The Morgan fingerprint density at radius 1 is 0.963 bits per heavy atom. The largest absolute Gasteiger partial charge is 0.353 e. The summed E-state index contributed by atoms with van der Waals surface area (Å²) in [7, 11) is 0. The second-order valence-corrected chi connectivity index (χ2v) is 6.52. The maximum atomic E-state index is 13.8. The summed E-state index contributed by atoms with van der Waals surface area (Å²) in [5, 5.41) is 2.93. The summed E-state index contributed by atoms with van der Waals surface area (Å²) in [6.07, 6.45) is 1.30. The standard InChI is InChI=1S/C20H19F3N2O2/c21-16-7-6-15(18(22)19(16)23)20(27)25-10-8-14(9-11-25)24-17(26)12-13-4-2-1-3-5-13/h1-7,14H,8-12H2,(H,24,26). The Morgan fingerprint density at radius 3 is 2.30 bits per heavy atom. The molecule has 0 radical (unpaired) electrons. The van der Waals surface area contributed by atoms with Gasteiger partial charge < -0.3 is 10.2 Å². The van der Waals surface area contributed by atoms with Gasteiger partial charge in [0.05, 0.1) is 12.0 Å². The first-order chi connectivity index (χ1) is 13.0. The lowest BCUT2D eigenvalue weighted by Crippen LogP contribution is -2.47. The first-order valence-corrected chi connectivity index (χ1v) is 8.71. The van der Waals surface area contributed by atoms with Crippen LogP contribution in [-0.2, 0) is 11.2 Å². The van der Waals surface area contributed by atoms with Gasteiger partial charge in [-0.25, -0.2) is 13.2 Å². The van der Waals surface area contributed by atoms with E-state index in [9.17, 15) is 22.8 Å². The van der Waals surface area contributed by atoms with E-state index in [1.807, 2.05) is 30.3 Å². The van der Waals surface area contributed by atoms with Crippen LogP contribution in [0.2, 0.25) is 0 Å². The zero-order valence-electron chi connectivity index (χ0n) is 14.6. The van der Waals surface area contributed by atoms with Gasteiger partial charge in [0.15, 0.2) is 17.5 Å². The van der Waals surface area contributed by atoms with E-state index in [-0.39, 0.29) is 18.4 Å². The predicted molar refractivity (Wildman–Crippen MR) is 93.5 cm³/mol. The number of benzene rings is 2. The van der Waals surface area contributed by atoms with Crippen molar-refractivity contribution in [2.45, 2.75) is 25.3 Å². The molecule has 0 aliphatic carbocycles. The highest BCUT2D eigenvalue weighted by molar-refractivity contribution is 5.94. The summed E-state index contributed by atoms with van der Waals surface area (Å²) < 4.78 is 40.2. The van der Waals surface area contributed by atoms with Gasteiger partial charge in [-0.1, -0.05) is 30.3 Å². The maximum Gasteiger partial charge on any atom is 0.256 e. The van der Waals surface area contributed by atoms with Crippen molar-refractivity contribution in [1.82, 2.24) is 10.2 Å². The third-order valence-electron chi connectivity index (χ3n) is 4.62. The molecule has 4 nitrogen and oxygen atoms in total. The number of likely N-dealkylation sites (tertiary alicyclic amines) is 1. The van der Waals surface area contributed by atoms with Crippen molar-refractivity contribution in [3.63, 3.8) is 0 Å². The normalized spacial score (nSPS) is 14.9. The molecule has 3 rings (SSSR count). The quantitative estimate of drug-likeness (QED) is 0.834. The average molecular weight is 376 g/mol. The molecule has 0 bridgehead atoms.